The van der Waals surface area contributed by atoms with Crippen molar-refractivity contribution in [3.05, 3.63) is 47.2 Å². The van der Waals surface area contributed by atoms with Gasteiger partial charge in [-0.3, -0.25) is 0 Å². The average molecular weight is 373 g/mol. The van der Waals surface area contributed by atoms with Crippen LogP contribution in [0.1, 0.15) is 6.92 Å². The number of hydrogen-bond acceptors (Lipinski definition) is 4. The Bertz CT molecular complexity index is 895. The van der Waals surface area contributed by atoms with Crippen LogP contribution >= 0.6 is 11.6 Å². The summed E-state index contributed by atoms with van der Waals surface area (Å²) in [5, 5.41) is 9.25. The van der Waals surface area contributed by atoms with Crippen molar-refractivity contribution in [3.8, 4) is 16.9 Å². The lowest BCUT2D eigenvalue weighted by molar-refractivity contribution is -0.144. The van der Waals surface area contributed by atoms with E-state index < -0.39 is 27.7 Å². The molecular weight excluding hydrogens is 359 g/mol. The lowest BCUT2D eigenvalue weighted by Gasteiger charge is -2.15. The molecule has 0 radical (unpaired) electrons. The highest BCUT2D eigenvalue weighted by Gasteiger charge is 2.19. The summed E-state index contributed by atoms with van der Waals surface area (Å²) in [7, 11) is -3.55. The van der Waals surface area contributed by atoms with Crippen molar-refractivity contribution >= 4 is 27.4 Å². The minimum Gasteiger partial charge on any atom is -0.479 e. The highest BCUT2D eigenvalue weighted by atomic mass is 35.5. The molecule has 0 aliphatic carbocycles. The van der Waals surface area contributed by atoms with Crippen LogP contribution < -0.4 is 4.74 Å². The molecule has 5 nitrogen and oxygen atoms in total. The third-order valence-corrected chi connectivity index (χ3v) is 4.60. The third kappa shape index (κ3) is 4.04. The van der Waals surface area contributed by atoms with Crippen LogP contribution in [0.3, 0.4) is 0 Å². The number of carboxylic acid groups (broad SMARTS) is 1. The topological polar surface area (TPSA) is 80.7 Å². The Morgan fingerprint density at radius 2 is 1.88 bits per heavy atom. The molecule has 0 unspecified atom stereocenters. The fourth-order valence-electron chi connectivity index (χ4n) is 2.00. The van der Waals surface area contributed by atoms with Crippen LogP contribution in [0, 0.1) is 5.82 Å². The van der Waals surface area contributed by atoms with Gasteiger partial charge in [0.25, 0.3) is 0 Å². The van der Waals surface area contributed by atoms with E-state index in [1.54, 1.807) is 0 Å². The Labute approximate surface area is 143 Å². The Morgan fingerprint density at radius 1 is 1.21 bits per heavy atom. The molecule has 0 spiro atoms. The van der Waals surface area contributed by atoms with Crippen LogP contribution in [0.5, 0.6) is 5.75 Å². The molecular formula is C16H14ClFO5S. The Hall–Kier alpha value is -2.12. The van der Waals surface area contributed by atoms with Crippen LogP contribution in [-0.2, 0) is 14.6 Å². The first-order valence-corrected chi connectivity index (χ1v) is 9.05. The van der Waals surface area contributed by atoms with Gasteiger partial charge in [0.05, 0.1) is 4.90 Å². The Balaban J connectivity index is 2.56. The predicted molar refractivity (Wildman–Crippen MR) is 87.7 cm³/mol. The summed E-state index contributed by atoms with van der Waals surface area (Å²) in [5.74, 6) is -1.84. The molecule has 0 fully saturated rings. The zero-order chi connectivity index (χ0) is 18.1. The lowest BCUT2D eigenvalue weighted by Crippen LogP contribution is -2.23. The normalized spacial score (nSPS) is 12.7. The Morgan fingerprint density at radius 3 is 2.42 bits per heavy atom. The zero-order valence-electron chi connectivity index (χ0n) is 12.8. The van der Waals surface area contributed by atoms with Gasteiger partial charge in [-0.1, -0.05) is 17.7 Å². The standard InChI is InChI=1S/C16H14ClFO5S/c1-9(16(19)20)23-15-6-3-10(17)7-13(15)12-5-4-11(8-14(12)18)24(2,21)22/h3-9H,1-2H3,(H,19,20)/t9-/m0/s1. The van der Waals surface area contributed by atoms with Gasteiger partial charge in [-0.25, -0.2) is 17.6 Å². The monoisotopic (exact) mass is 372 g/mol. The van der Waals surface area contributed by atoms with Gasteiger partial charge >= 0.3 is 5.97 Å². The van der Waals surface area contributed by atoms with E-state index in [0.29, 0.717) is 5.02 Å². The van der Waals surface area contributed by atoms with E-state index in [0.717, 1.165) is 12.3 Å². The van der Waals surface area contributed by atoms with Crippen LogP contribution in [0.25, 0.3) is 11.1 Å². The molecule has 128 valence electrons. The summed E-state index contributed by atoms with van der Waals surface area (Å²) in [5.41, 5.74) is 0.283. The van der Waals surface area contributed by atoms with Crippen LogP contribution in [0.2, 0.25) is 5.02 Å². The maximum Gasteiger partial charge on any atom is 0.344 e. The molecule has 0 aliphatic heterocycles. The predicted octanol–water partition coefficient (Wildman–Crippen LogP) is 3.40. The van der Waals surface area contributed by atoms with Gasteiger partial charge in [-0.15, -0.1) is 0 Å². The van der Waals surface area contributed by atoms with E-state index in [1.165, 1.54) is 37.3 Å². The number of carboxylic acids is 1. The highest BCUT2D eigenvalue weighted by molar-refractivity contribution is 7.90. The number of rotatable bonds is 5. The van der Waals surface area contributed by atoms with Crippen molar-refractivity contribution in [2.75, 3.05) is 6.26 Å². The maximum atomic E-state index is 14.4. The summed E-state index contributed by atoms with van der Waals surface area (Å²) >= 11 is 5.93. The first-order valence-electron chi connectivity index (χ1n) is 6.78. The summed E-state index contributed by atoms with van der Waals surface area (Å²) in [4.78, 5) is 10.8. The molecule has 0 saturated carbocycles. The second-order valence-electron chi connectivity index (χ2n) is 5.15. The molecule has 0 amide bonds. The number of hydrogen-bond donors (Lipinski definition) is 1. The number of aliphatic carboxylic acids is 1. The maximum absolute atomic E-state index is 14.4. The SMILES string of the molecule is C[C@H](Oc1ccc(Cl)cc1-c1ccc(S(C)(=O)=O)cc1F)C(=O)O. The molecule has 1 N–H and O–H groups in total. The first-order chi connectivity index (χ1) is 11.1. The van der Waals surface area contributed by atoms with Gasteiger partial charge in [-0.2, -0.15) is 0 Å². The fraction of sp³-hybridized carbons (Fsp3) is 0.188. The molecule has 1 atom stereocenters. The van der Waals surface area contributed by atoms with Crippen molar-refractivity contribution in [2.45, 2.75) is 17.9 Å². The van der Waals surface area contributed by atoms with Crippen molar-refractivity contribution in [2.24, 2.45) is 0 Å². The second-order valence-corrected chi connectivity index (χ2v) is 7.60. The summed E-state index contributed by atoms with van der Waals surface area (Å²) in [6, 6.07) is 7.79. The first kappa shape index (κ1) is 18.2. The second kappa shape index (κ2) is 6.78. The minimum atomic E-state index is -3.55. The quantitative estimate of drug-likeness (QED) is 0.870. The van der Waals surface area contributed by atoms with Crippen molar-refractivity contribution in [1.29, 1.82) is 0 Å². The number of benzene rings is 2. The van der Waals surface area contributed by atoms with Gasteiger partial charge in [0.1, 0.15) is 11.6 Å². The largest absolute Gasteiger partial charge is 0.479 e. The van der Waals surface area contributed by atoms with Crippen LogP contribution in [0.4, 0.5) is 4.39 Å². The van der Waals surface area contributed by atoms with E-state index >= 15 is 0 Å². The molecule has 0 heterocycles. The molecule has 2 aromatic carbocycles. The number of carbonyl (C=O) groups is 1. The van der Waals surface area contributed by atoms with E-state index in [-0.39, 0.29) is 21.8 Å². The molecule has 0 bridgehead atoms. The zero-order valence-corrected chi connectivity index (χ0v) is 14.4. The molecule has 24 heavy (non-hydrogen) atoms. The number of ether oxygens (including phenoxy) is 1. The molecule has 2 aromatic rings. The van der Waals surface area contributed by atoms with Gasteiger partial charge in [-0.05, 0) is 37.3 Å². The van der Waals surface area contributed by atoms with E-state index in [9.17, 15) is 17.6 Å². The lowest BCUT2D eigenvalue weighted by atomic mass is 10.0. The summed E-state index contributed by atoms with van der Waals surface area (Å²) in [6.45, 7) is 1.34. The van der Waals surface area contributed by atoms with Crippen molar-refractivity contribution in [1.82, 2.24) is 0 Å². The van der Waals surface area contributed by atoms with Gasteiger partial charge in [0.15, 0.2) is 15.9 Å². The van der Waals surface area contributed by atoms with E-state index in [1.807, 2.05) is 0 Å². The highest BCUT2D eigenvalue weighted by Crippen LogP contribution is 2.35. The molecule has 0 aliphatic rings. The van der Waals surface area contributed by atoms with E-state index in [4.69, 9.17) is 21.4 Å². The molecule has 2 rings (SSSR count). The van der Waals surface area contributed by atoms with Crippen molar-refractivity contribution < 1.29 is 27.4 Å². The average Bonchev–Trinajstić information content (AvgIpc) is 2.48. The van der Waals surface area contributed by atoms with Gasteiger partial charge in [0.2, 0.25) is 0 Å². The Kier molecular flexibility index (Phi) is 5.15. The molecule has 0 saturated heterocycles. The fourth-order valence-corrected chi connectivity index (χ4v) is 2.81. The van der Waals surface area contributed by atoms with Crippen LogP contribution in [-0.4, -0.2) is 31.9 Å². The van der Waals surface area contributed by atoms with Crippen LogP contribution in [0.15, 0.2) is 41.3 Å². The summed E-state index contributed by atoms with van der Waals surface area (Å²) < 4.78 is 42.7. The molecule has 8 heteroatoms. The van der Waals surface area contributed by atoms with E-state index in [2.05, 4.69) is 0 Å². The smallest absolute Gasteiger partial charge is 0.344 e. The van der Waals surface area contributed by atoms with Crippen molar-refractivity contribution in [3.63, 3.8) is 0 Å². The minimum absolute atomic E-state index is 0.0532. The summed E-state index contributed by atoms with van der Waals surface area (Å²) in [6.07, 6.45) is -0.174. The number of halogens is 2. The third-order valence-electron chi connectivity index (χ3n) is 3.25. The van der Waals surface area contributed by atoms with Gasteiger partial charge < -0.3 is 9.84 Å². The number of sulfone groups is 1. The molecule has 0 aromatic heterocycles. The van der Waals surface area contributed by atoms with Gasteiger partial charge in [0, 0.05) is 22.4 Å².